The summed E-state index contributed by atoms with van der Waals surface area (Å²) in [6.07, 6.45) is -2.60. The second kappa shape index (κ2) is 4.47. The third kappa shape index (κ3) is 1.93. The molecule has 1 aliphatic rings. The van der Waals surface area contributed by atoms with Crippen LogP contribution in [0.2, 0.25) is 0 Å². The molecular formula is C17H11F3N2. The predicted molar refractivity (Wildman–Crippen MR) is 77.2 cm³/mol. The number of nitrogens with zero attached hydrogens (tertiary/aromatic N) is 2. The van der Waals surface area contributed by atoms with Gasteiger partial charge in [0.25, 0.3) is 0 Å². The Morgan fingerprint density at radius 1 is 0.955 bits per heavy atom. The van der Waals surface area contributed by atoms with Crippen molar-refractivity contribution in [2.24, 2.45) is 0 Å². The highest BCUT2D eigenvalue weighted by atomic mass is 19.4. The first-order valence-electron chi connectivity index (χ1n) is 6.85. The third-order valence-corrected chi connectivity index (χ3v) is 3.95. The fourth-order valence-electron chi connectivity index (χ4n) is 2.86. The zero-order valence-electron chi connectivity index (χ0n) is 11.4. The van der Waals surface area contributed by atoms with Gasteiger partial charge in [0.2, 0.25) is 0 Å². The van der Waals surface area contributed by atoms with Gasteiger partial charge in [0.15, 0.2) is 0 Å². The lowest BCUT2D eigenvalue weighted by molar-refractivity contribution is -0.137. The van der Waals surface area contributed by atoms with Gasteiger partial charge in [0.1, 0.15) is 5.82 Å². The number of benzene rings is 2. The number of halogens is 3. The molecule has 0 radical (unpaired) electrons. The molecule has 5 heteroatoms. The number of imidazole rings is 1. The van der Waals surface area contributed by atoms with Crippen molar-refractivity contribution in [2.45, 2.75) is 12.7 Å². The van der Waals surface area contributed by atoms with Gasteiger partial charge in [-0.05, 0) is 23.3 Å². The number of hydrogen-bond donors (Lipinski definition) is 0. The van der Waals surface area contributed by atoms with E-state index in [2.05, 4.69) is 4.98 Å². The minimum Gasteiger partial charge on any atom is -0.319 e. The standard InChI is InChI=1S/C17H11F3N2/c18-17(19,20)13-7-5-11(6-8-13)15-9-21-16-14-4-2-1-3-12(14)10-22(15)16/h1-9H,10H2. The molecule has 0 amide bonds. The van der Waals surface area contributed by atoms with E-state index in [-0.39, 0.29) is 0 Å². The Balaban J connectivity index is 1.76. The van der Waals surface area contributed by atoms with Crippen LogP contribution in [0.1, 0.15) is 11.1 Å². The van der Waals surface area contributed by atoms with Crippen LogP contribution >= 0.6 is 0 Å². The molecule has 22 heavy (non-hydrogen) atoms. The third-order valence-electron chi connectivity index (χ3n) is 3.95. The Hall–Kier alpha value is -2.56. The van der Waals surface area contributed by atoms with Gasteiger partial charge in [-0.25, -0.2) is 4.98 Å². The van der Waals surface area contributed by atoms with E-state index >= 15 is 0 Å². The quantitative estimate of drug-likeness (QED) is 0.502. The molecule has 4 rings (SSSR count). The maximum absolute atomic E-state index is 12.6. The molecule has 1 aliphatic heterocycles. The van der Waals surface area contributed by atoms with Crippen LogP contribution in [-0.2, 0) is 12.7 Å². The van der Waals surface area contributed by atoms with Crippen molar-refractivity contribution in [3.05, 3.63) is 65.9 Å². The molecule has 110 valence electrons. The summed E-state index contributed by atoms with van der Waals surface area (Å²) in [5.74, 6) is 0.866. The lowest BCUT2D eigenvalue weighted by Crippen LogP contribution is -2.04. The second-order valence-corrected chi connectivity index (χ2v) is 5.29. The topological polar surface area (TPSA) is 17.8 Å². The smallest absolute Gasteiger partial charge is 0.319 e. The van der Waals surface area contributed by atoms with Crippen LogP contribution in [-0.4, -0.2) is 9.55 Å². The van der Waals surface area contributed by atoms with Crippen LogP contribution in [0.4, 0.5) is 13.2 Å². The summed E-state index contributed by atoms with van der Waals surface area (Å²) in [5, 5.41) is 0. The van der Waals surface area contributed by atoms with Gasteiger partial charge >= 0.3 is 6.18 Å². The van der Waals surface area contributed by atoms with E-state index in [4.69, 9.17) is 0 Å². The van der Waals surface area contributed by atoms with Crippen molar-refractivity contribution in [3.8, 4) is 22.6 Å². The lowest BCUT2D eigenvalue weighted by Gasteiger charge is -2.08. The van der Waals surface area contributed by atoms with Crippen LogP contribution in [0.5, 0.6) is 0 Å². The molecule has 0 atom stereocenters. The molecule has 2 heterocycles. The highest BCUT2D eigenvalue weighted by molar-refractivity contribution is 5.71. The Morgan fingerprint density at radius 2 is 1.68 bits per heavy atom. The number of hydrogen-bond acceptors (Lipinski definition) is 1. The Kier molecular flexibility index (Phi) is 2.66. The molecule has 0 spiro atoms. The highest BCUT2D eigenvalue weighted by Gasteiger charge is 2.30. The number of alkyl halides is 3. The van der Waals surface area contributed by atoms with Crippen molar-refractivity contribution >= 4 is 0 Å². The molecule has 0 aliphatic carbocycles. The lowest BCUT2D eigenvalue weighted by atomic mass is 10.1. The van der Waals surface area contributed by atoms with Crippen molar-refractivity contribution in [1.82, 2.24) is 9.55 Å². The highest BCUT2D eigenvalue weighted by Crippen LogP contribution is 2.36. The Bertz CT molecular complexity index is 845. The summed E-state index contributed by atoms with van der Waals surface area (Å²) >= 11 is 0. The zero-order valence-corrected chi connectivity index (χ0v) is 11.4. The fourth-order valence-corrected chi connectivity index (χ4v) is 2.86. The van der Waals surface area contributed by atoms with Gasteiger partial charge < -0.3 is 4.57 Å². The van der Waals surface area contributed by atoms with E-state index < -0.39 is 11.7 Å². The van der Waals surface area contributed by atoms with Gasteiger partial charge in [0, 0.05) is 5.56 Å². The minimum atomic E-state index is -4.31. The van der Waals surface area contributed by atoms with E-state index in [1.54, 1.807) is 6.20 Å². The molecule has 0 saturated carbocycles. The normalized spacial score (nSPS) is 13.0. The summed E-state index contributed by atoms with van der Waals surface area (Å²) in [5.41, 5.74) is 3.19. The van der Waals surface area contributed by atoms with Gasteiger partial charge in [-0.15, -0.1) is 0 Å². The molecule has 0 fully saturated rings. The van der Waals surface area contributed by atoms with Crippen LogP contribution in [0.15, 0.2) is 54.7 Å². The molecule has 2 aromatic carbocycles. The van der Waals surface area contributed by atoms with E-state index in [1.165, 1.54) is 17.7 Å². The van der Waals surface area contributed by atoms with E-state index in [0.29, 0.717) is 6.54 Å². The molecule has 0 saturated heterocycles. The van der Waals surface area contributed by atoms with Gasteiger partial charge in [0.05, 0.1) is 24.0 Å². The van der Waals surface area contributed by atoms with Gasteiger partial charge in [-0.2, -0.15) is 13.2 Å². The van der Waals surface area contributed by atoms with E-state index in [1.807, 2.05) is 28.8 Å². The average Bonchev–Trinajstić information content (AvgIpc) is 3.05. The van der Waals surface area contributed by atoms with Crippen molar-refractivity contribution < 1.29 is 13.2 Å². The van der Waals surface area contributed by atoms with Gasteiger partial charge in [-0.3, -0.25) is 0 Å². The van der Waals surface area contributed by atoms with Gasteiger partial charge in [-0.1, -0.05) is 36.4 Å². The Morgan fingerprint density at radius 3 is 2.41 bits per heavy atom. The number of fused-ring (bicyclic) bond motifs is 3. The summed E-state index contributed by atoms with van der Waals surface area (Å²) in [7, 11) is 0. The maximum atomic E-state index is 12.6. The fraction of sp³-hybridized carbons (Fsp3) is 0.118. The summed E-state index contributed by atoms with van der Waals surface area (Å²) in [6, 6.07) is 13.2. The van der Waals surface area contributed by atoms with E-state index in [9.17, 15) is 13.2 Å². The van der Waals surface area contributed by atoms with Crippen molar-refractivity contribution in [2.75, 3.05) is 0 Å². The van der Waals surface area contributed by atoms with Crippen LogP contribution in [0.25, 0.3) is 22.6 Å². The molecule has 0 unspecified atom stereocenters. The summed E-state index contributed by atoms with van der Waals surface area (Å²) in [6.45, 7) is 0.696. The van der Waals surface area contributed by atoms with Crippen LogP contribution in [0.3, 0.4) is 0 Å². The summed E-state index contributed by atoms with van der Waals surface area (Å²) in [4.78, 5) is 4.43. The molecule has 3 aromatic rings. The first kappa shape index (κ1) is 13.1. The van der Waals surface area contributed by atoms with Crippen molar-refractivity contribution in [1.29, 1.82) is 0 Å². The van der Waals surface area contributed by atoms with Crippen molar-refractivity contribution in [3.63, 3.8) is 0 Å². The van der Waals surface area contributed by atoms with Crippen LogP contribution in [0, 0.1) is 0 Å². The maximum Gasteiger partial charge on any atom is 0.416 e. The Labute approximate surface area is 124 Å². The average molecular weight is 300 g/mol. The van der Waals surface area contributed by atoms with E-state index in [0.717, 1.165) is 34.8 Å². The number of aromatic nitrogens is 2. The first-order chi connectivity index (χ1) is 10.5. The summed E-state index contributed by atoms with van der Waals surface area (Å²) < 4.78 is 40.0. The molecule has 1 aromatic heterocycles. The largest absolute Gasteiger partial charge is 0.416 e. The first-order valence-corrected chi connectivity index (χ1v) is 6.85. The van der Waals surface area contributed by atoms with Crippen LogP contribution < -0.4 is 0 Å². The molecular weight excluding hydrogens is 289 g/mol. The molecule has 2 nitrogen and oxygen atoms in total. The zero-order chi connectivity index (χ0) is 15.3. The second-order valence-electron chi connectivity index (χ2n) is 5.29. The molecule has 0 bridgehead atoms. The monoisotopic (exact) mass is 300 g/mol. The molecule has 0 N–H and O–H groups in total. The SMILES string of the molecule is FC(F)(F)c1ccc(-c2cnc3n2Cc2ccccc2-3)cc1. The minimum absolute atomic E-state index is 0.638. The number of rotatable bonds is 1. The predicted octanol–water partition coefficient (Wildman–Crippen LogP) is 4.60.